The van der Waals surface area contributed by atoms with Gasteiger partial charge in [0, 0.05) is 56.2 Å². The Hall–Kier alpha value is -2.18. The molecule has 0 radical (unpaired) electrons. The van der Waals surface area contributed by atoms with Crippen molar-refractivity contribution in [3.63, 3.8) is 0 Å². The molecular weight excluding hydrogens is 364 g/mol. The molecule has 3 aliphatic heterocycles. The van der Waals surface area contributed by atoms with Crippen LogP contribution in [0.5, 0.6) is 0 Å². The van der Waals surface area contributed by atoms with E-state index in [9.17, 15) is 4.79 Å². The number of aromatic nitrogens is 2. The molecule has 1 spiro atoms. The number of aryl methyl sites for hydroxylation is 1. The molecule has 1 amide bonds. The molecule has 5 rings (SSSR count). The van der Waals surface area contributed by atoms with E-state index in [1.807, 2.05) is 6.07 Å². The zero-order valence-corrected chi connectivity index (χ0v) is 17.5. The molecule has 2 bridgehead atoms. The maximum Gasteiger partial charge on any atom is 0.216 e. The van der Waals surface area contributed by atoms with E-state index in [2.05, 4.69) is 53.0 Å². The van der Waals surface area contributed by atoms with Crippen LogP contribution in [0.25, 0.3) is 5.69 Å². The SMILES string of the molecule is CC(=O)NC[C@H]1[C@H]2CN(Cc3c(C)nn(-c4ccccc4)c3C)C[C@]23CC[C@H]1O3. The van der Waals surface area contributed by atoms with E-state index in [4.69, 9.17) is 9.84 Å². The normalized spacial score (nSPS) is 30.7. The Labute approximate surface area is 172 Å². The lowest BCUT2D eigenvalue weighted by molar-refractivity contribution is -0.119. The first kappa shape index (κ1) is 18.8. The maximum atomic E-state index is 11.4. The molecule has 6 heteroatoms. The lowest BCUT2D eigenvalue weighted by Crippen LogP contribution is -2.41. The summed E-state index contributed by atoms with van der Waals surface area (Å²) in [6.07, 6.45) is 2.59. The number of nitrogens with one attached hydrogen (secondary N) is 1. The van der Waals surface area contributed by atoms with E-state index in [1.165, 1.54) is 11.3 Å². The number of nitrogens with zero attached hydrogens (tertiary/aromatic N) is 3. The quantitative estimate of drug-likeness (QED) is 0.847. The number of carbonyl (C=O) groups is 1. The Morgan fingerprint density at radius 2 is 2.10 bits per heavy atom. The van der Waals surface area contributed by atoms with Gasteiger partial charge in [-0.3, -0.25) is 9.69 Å². The average molecular weight is 395 g/mol. The predicted octanol–water partition coefficient (Wildman–Crippen LogP) is 2.60. The van der Waals surface area contributed by atoms with Crippen molar-refractivity contribution in [3.8, 4) is 5.69 Å². The van der Waals surface area contributed by atoms with Gasteiger partial charge >= 0.3 is 0 Å². The Morgan fingerprint density at radius 3 is 2.86 bits per heavy atom. The van der Waals surface area contributed by atoms with Crippen LogP contribution in [0.15, 0.2) is 30.3 Å². The summed E-state index contributed by atoms with van der Waals surface area (Å²) in [6.45, 7) is 9.54. The van der Waals surface area contributed by atoms with Gasteiger partial charge in [-0.2, -0.15) is 5.10 Å². The topological polar surface area (TPSA) is 59.4 Å². The minimum Gasteiger partial charge on any atom is -0.370 e. The highest BCUT2D eigenvalue weighted by Gasteiger charge is 2.62. The second kappa shape index (κ2) is 6.96. The fraction of sp³-hybridized carbons (Fsp3) is 0.565. The number of para-hydroxylation sites is 1. The molecule has 3 saturated heterocycles. The zero-order chi connectivity index (χ0) is 20.2. The second-order valence-electron chi connectivity index (χ2n) is 9.03. The molecular formula is C23H30N4O2. The van der Waals surface area contributed by atoms with Crippen molar-refractivity contribution >= 4 is 5.91 Å². The minimum absolute atomic E-state index is 0.00889. The summed E-state index contributed by atoms with van der Waals surface area (Å²) in [5, 5.41) is 7.85. The van der Waals surface area contributed by atoms with Gasteiger partial charge in [0.25, 0.3) is 0 Å². The number of likely N-dealkylation sites (tertiary alicyclic amines) is 1. The summed E-state index contributed by atoms with van der Waals surface area (Å²) in [5.74, 6) is 1.00. The van der Waals surface area contributed by atoms with Crippen molar-refractivity contribution in [2.75, 3.05) is 19.6 Å². The van der Waals surface area contributed by atoms with Crippen LogP contribution in [0.1, 0.15) is 36.7 Å². The number of benzene rings is 1. The summed E-state index contributed by atoms with van der Waals surface area (Å²) in [6, 6.07) is 10.3. The van der Waals surface area contributed by atoms with Gasteiger partial charge in [0.1, 0.15) is 0 Å². The molecule has 0 aliphatic carbocycles. The van der Waals surface area contributed by atoms with Crippen LogP contribution in [0.2, 0.25) is 0 Å². The van der Waals surface area contributed by atoms with Crippen molar-refractivity contribution in [3.05, 3.63) is 47.3 Å². The van der Waals surface area contributed by atoms with E-state index in [0.29, 0.717) is 17.9 Å². The van der Waals surface area contributed by atoms with Crippen LogP contribution in [0.3, 0.4) is 0 Å². The average Bonchev–Trinajstić information content (AvgIpc) is 3.42. The van der Waals surface area contributed by atoms with E-state index in [1.54, 1.807) is 6.92 Å². The third-order valence-corrected chi connectivity index (χ3v) is 7.26. The fourth-order valence-corrected chi connectivity index (χ4v) is 5.89. The molecule has 0 saturated carbocycles. The standard InChI is InChI=1S/C23H30N4O2/c1-15-20(16(2)27(25-15)18-7-5-4-6-8-18)12-26-13-21-19(11-24-17(3)28)22-9-10-23(21,14-26)29-22/h4-8,19,21-22H,9-14H2,1-3H3,(H,24,28)/t19-,21+,22+,23+/m0/s1. The zero-order valence-electron chi connectivity index (χ0n) is 17.5. The van der Waals surface area contributed by atoms with E-state index < -0.39 is 0 Å². The van der Waals surface area contributed by atoms with Crippen LogP contribution >= 0.6 is 0 Å². The predicted molar refractivity (Wildman–Crippen MR) is 111 cm³/mol. The molecule has 154 valence electrons. The van der Waals surface area contributed by atoms with Gasteiger partial charge in [-0.05, 0) is 38.8 Å². The van der Waals surface area contributed by atoms with Gasteiger partial charge in [-0.25, -0.2) is 4.68 Å². The van der Waals surface area contributed by atoms with Crippen LogP contribution < -0.4 is 5.32 Å². The number of hydrogen-bond acceptors (Lipinski definition) is 4. The molecule has 4 atom stereocenters. The van der Waals surface area contributed by atoms with Crippen molar-refractivity contribution in [1.82, 2.24) is 20.0 Å². The van der Waals surface area contributed by atoms with Crippen LogP contribution in [-0.2, 0) is 16.1 Å². The number of hydrogen-bond donors (Lipinski definition) is 1. The molecule has 0 unspecified atom stereocenters. The van der Waals surface area contributed by atoms with Gasteiger partial charge in [0.15, 0.2) is 0 Å². The number of rotatable bonds is 5. The second-order valence-corrected chi connectivity index (χ2v) is 9.03. The number of ether oxygens (including phenoxy) is 1. The van der Waals surface area contributed by atoms with E-state index >= 15 is 0 Å². The fourth-order valence-electron chi connectivity index (χ4n) is 5.89. The highest BCUT2D eigenvalue weighted by molar-refractivity contribution is 5.72. The molecule has 4 heterocycles. The highest BCUT2D eigenvalue weighted by Crippen LogP contribution is 2.54. The molecule has 3 aliphatic rings. The van der Waals surface area contributed by atoms with E-state index in [0.717, 1.165) is 50.4 Å². The lowest BCUT2D eigenvalue weighted by atomic mass is 9.73. The molecule has 29 heavy (non-hydrogen) atoms. The molecule has 2 aromatic rings. The molecule has 6 nitrogen and oxygen atoms in total. The first-order valence-corrected chi connectivity index (χ1v) is 10.7. The first-order valence-electron chi connectivity index (χ1n) is 10.7. The maximum absolute atomic E-state index is 11.4. The third kappa shape index (κ3) is 3.09. The Morgan fingerprint density at radius 1 is 1.31 bits per heavy atom. The molecule has 3 fully saturated rings. The molecule has 1 N–H and O–H groups in total. The summed E-state index contributed by atoms with van der Waals surface area (Å²) >= 11 is 0. The third-order valence-electron chi connectivity index (χ3n) is 7.26. The van der Waals surface area contributed by atoms with Crippen molar-refractivity contribution in [2.45, 2.75) is 51.9 Å². The Kier molecular flexibility index (Phi) is 4.51. The Balaban J connectivity index is 1.34. The minimum atomic E-state index is -0.00889. The van der Waals surface area contributed by atoms with Gasteiger partial charge in [-0.15, -0.1) is 0 Å². The van der Waals surface area contributed by atoms with Gasteiger partial charge < -0.3 is 10.1 Å². The van der Waals surface area contributed by atoms with Gasteiger partial charge in [0.05, 0.1) is 23.1 Å². The number of fused-ring (bicyclic) bond motifs is 1. The van der Waals surface area contributed by atoms with Gasteiger partial charge in [-0.1, -0.05) is 18.2 Å². The van der Waals surface area contributed by atoms with Crippen molar-refractivity contribution in [2.24, 2.45) is 11.8 Å². The van der Waals surface area contributed by atoms with Crippen molar-refractivity contribution in [1.29, 1.82) is 0 Å². The van der Waals surface area contributed by atoms with Crippen LogP contribution in [0.4, 0.5) is 0 Å². The monoisotopic (exact) mass is 394 g/mol. The van der Waals surface area contributed by atoms with Crippen LogP contribution in [-0.4, -0.2) is 51.9 Å². The summed E-state index contributed by atoms with van der Waals surface area (Å²) in [7, 11) is 0. The first-order chi connectivity index (χ1) is 14.0. The van der Waals surface area contributed by atoms with E-state index in [-0.39, 0.29) is 11.5 Å². The summed E-state index contributed by atoms with van der Waals surface area (Å²) < 4.78 is 8.57. The highest BCUT2D eigenvalue weighted by atomic mass is 16.5. The van der Waals surface area contributed by atoms with Gasteiger partial charge in [0.2, 0.25) is 5.91 Å². The number of carbonyl (C=O) groups excluding carboxylic acids is 1. The molecule has 1 aromatic carbocycles. The number of amides is 1. The molecule has 1 aromatic heterocycles. The lowest BCUT2D eigenvalue weighted by Gasteiger charge is -2.29. The Bertz CT molecular complexity index is 924. The largest absolute Gasteiger partial charge is 0.370 e. The van der Waals surface area contributed by atoms with Crippen molar-refractivity contribution < 1.29 is 9.53 Å². The smallest absolute Gasteiger partial charge is 0.216 e. The summed E-state index contributed by atoms with van der Waals surface area (Å²) in [5.41, 5.74) is 4.72. The summed E-state index contributed by atoms with van der Waals surface area (Å²) in [4.78, 5) is 14.0. The van der Waals surface area contributed by atoms with Crippen LogP contribution in [0, 0.1) is 25.7 Å².